The molecule has 1 heterocycles. The molecule has 1 aliphatic rings. The Morgan fingerprint density at radius 2 is 1.61 bits per heavy atom. The summed E-state index contributed by atoms with van der Waals surface area (Å²) in [4.78, 5) is 4.68. The maximum absolute atomic E-state index is 10.5. The Labute approximate surface area is 135 Å². The predicted molar refractivity (Wildman–Crippen MR) is 87.0 cm³/mol. The summed E-state index contributed by atoms with van der Waals surface area (Å²) in [5.74, 6) is 1.24. The first-order chi connectivity index (χ1) is 11.0. The summed E-state index contributed by atoms with van der Waals surface area (Å²) in [6.45, 7) is 3.89. The van der Waals surface area contributed by atoms with Gasteiger partial charge in [-0.15, -0.1) is 0 Å². The van der Waals surface area contributed by atoms with Gasteiger partial charge in [0.15, 0.2) is 17.7 Å². The third kappa shape index (κ3) is 2.64. The SMILES string of the molecule is COc1cc2c(cc1OC)=C(C)N(O)C(c1ccc(C)cc1)N=2. The molecule has 3 rings (SSSR count). The summed E-state index contributed by atoms with van der Waals surface area (Å²) >= 11 is 0. The summed E-state index contributed by atoms with van der Waals surface area (Å²) < 4.78 is 10.7. The van der Waals surface area contributed by atoms with Gasteiger partial charge in [-0.05, 0) is 25.5 Å². The van der Waals surface area contributed by atoms with Gasteiger partial charge in [0.1, 0.15) is 0 Å². The summed E-state index contributed by atoms with van der Waals surface area (Å²) in [6.07, 6.45) is -0.471. The van der Waals surface area contributed by atoms with Crippen molar-refractivity contribution >= 4 is 5.70 Å². The van der Waals surface area contributed by atoms with E-state index in [1.807, 2.05) is 50.2 Å². The van der Waals surface area contributed by atoms with Crippen molar-refractivity contribution in [1.82, 2.24) is 5.06 Å². The molecule has 1 N–H and O–H groups in total. The zero-order valence-electron chi connectivity index (χ0n) is 13.7. The number of hydrogen-bond donors (Lipinski definition) is 1. The van der Waals surface area contributed by atoms with Crippen LogP contribution in [0.25, 0.3) is 5.70 Å². The van der Waals surface area contributed by atoms with Crippen molar-refractivity contribution in [1.29, 1.82) is 0 Å². The number of hydroxylamine groups is 2. The maximum Gasteiger partial charge on any atom is 0.171 e. The van der Waals surface area contributed by atoms with Gasteiger partial charge in [-0.3, -0.25) is 10.2 Å². The minimum Gasteiger partial charge on any atom is -0.493 e. The number of benzene rings is 2. The highest BCUT2D eigenvalue weighted by Crippen LogP contribution is 2.28. The van der Waals surface area contributed by atoms with Crippen molar-refractivity contribution in [3.05, 3.63) is 58.1 Å². The van der Waals surface area contributed by atoms with Crippen LogP contribution in [0.4, 0.5) is 0 Å². The van der Waals surface area contributed by atoms with Crippen LogP contribution in [0, 0.1) is 6.92 Å². The largest absolute Gasteiger partial charge is 0.493 e. The third-order valence-corrected chi connectivity index (χ3v) is 4.10. The van der Waals surface area contributed by atoms with Gasteiger partial charge in [-0.2, -0.15) is 0 Å². The predicted octanol–water partition coefficient (Wildman–Crippen LogP) is 2.16. The number of nitrogens with zero attached hydrogens (tertiary/aromatic N) is 2. The van der Waals surface area contributed by atoms with Crippen molar-refractivity contribution in [3.8, 4) is 11.5 Å². The van der Waals surface area contributed by atoms with Crippen molar-refractivity contribution in [2.24, 2.45) is 4.99 Å². The summed E-state index contributed by atoms with van der Waals surface area (Å²) in [7, 11) is 3.19. The summed E-state index contributed by atoms with van der Waals surface area (Å²) in [5.41, 5.74) is 2.82. The van der Waals surface area contributed by atoms with E-state index in [0.717, 1.165) is 21.8 Å². The molecule has 2 aromatic rings. The standard InChI is InChI=1S/C18H20N2O3/c1-11-5-7-13(8-6-11)18-19-15-10-17(23-4)16(22-3)9-14(15)12(2)20(18)21/h5-10,18,21H,1-4H3. The average Bonchev–Trinajstić information content (AvgIpc) is 2.58. The fraction of sp³-hybridized carbons (Fsp3) is 0.278. The zero-order chi connectivity index (χ0) is 16.6. The Bertz CT molecular complexity index is 844. The molecule has 0 saturated heterocycles. The molecule has 120 valence electrons. The lowest BCUT2D eigenvalue weighted by Gasteiger charge is -2.28. The van der Waals surface area contributed by atoms with E-state index in [1.165, 1.54) is 10.6 Å². The Morgan fingerprint density at radius 1 is 1.00 bits per heavy atom. The fourth-order valence-electron chi connectivity index (χ4n) is 2.71. The van der Waals surface area contributed by atoms with Gasteiger partial charge in [0.25, 0.3) is 0 Å². The minimum atomic E-state index is -0.471. The normalized spacial score (nSPS) is 16.7. The third-order valence-electron chi connectivity index (χ3n) is 4.10. The van der Waals surface area contributed by atoms with E-state index in [4.69, 9.17) is 9.47 Å². The van der Waals surface area contributed by atoms with Crippen LogP contribution in [-0.4, -0.2) is 24.5 Å². The van der Waals surface area contributed by atoms with Crippen molar-refractivity contribution in [2.45, 2.75) is 20.0 Å². The summed E-state index contributed by atoms with van der Waals surface area (Å²) in [6, 6.07) is 11.7. The van der Waals surface area contributed by atoms with Crippen LogP contribution >= 0.6 is 0 Å². The molecule has 0 fully saturated rings. The maximum atomic E-state index is 10.5. The topological polar surface area (TPSA) is 54.3 Å². The highest BCUT2D eigenvalue weighted by molar-refractivity contribution is 5.48. The smallest absolute Gasteiger partial charge is 0.171 e. The molecule has 5 heteroatoms. The number of hydrogen-bond acceptors (Lipinski definition) is 5. The Kier molecular flexibility index (Phi) is 3.96. The molecule has 1 unspecified atom stereocenters. The van der Waals surface area contributed by atoms with Crippen LogP contribution in [0.2, 0.25) is 0 Å². The molecule has 1 aliphatic heterocycles. The molecule has 5 nitrogen and oxygen atoms in total. The molecule has 23 heavy (non-hydrogen) atoms. The number of aryl methyl sites for hydroxylation is 1. The van der Waals surface area contributed by atoms with Crippen molar-refractivity contribution < 1.29 is 14.7 Å². The highest BCUT2D eigenvalue weighted by atomic mass is 16.5. The van der Waals surface area contributed by atoms with E-state index >= 15 is 0 Å². The Morgan fingerprint density at radius 3 is 2.22 bits per heavy atom. The number of ether oxygens (including phenoxy) is 2. The van der Waals surface area contributed by atoms with E-state index in [2.05, 4.69) is 4.99 Å². The van der Waals surface area contributed by atoms with E-state index in [-0.39, 0.29) is 0 Å². The first-order valence-electron chi connectivity index (χ1n) is 7.40. The first-order valence-corrected chi connectivity index (χ1v) is 7.40. The van der Waals surface area contributed by atoms with Gasteiger partial charge in [-0.1, -0.05) is 29.8 Å². The van der Waals surface area contributed by atoms with E-state index in [0.29, 0.717) is 11.5 Å². The zero-order valence-corrected chi connectivity index (χ0v) is 13.7. The lowest BCUT2D eigenvalue weighted by Crippen LogP contribution is -2.40. The quantitative estimate of drug-likeness (QED) is 0.944. The van der Waals surface area contributed by atoms with E-state index in [1.54, 1.807) is 14.2 Å². The molecule has 0 aromatic heterocycles. The van der Waals surface area contributed by atoms with Gasteiger partial charge in [-0.25, -0.2) is 5.06 Å². The second-order valence-electron chi connectivity index (χ2n) is 5.57. The highest BCUT2D eigenvalue weighted by Gasteiger charge is 2.23. The lowest BCUT2D eigenvalue weighted by atomic mass is 10.1. The van der Waals surface area contributed by atoms with Crippen LogP contribution in [0.15, 0.2) is 41.4 Å². The minimum absolute atomic E-state index is 0.471. The van der Waals surface area contributed by atoms with Crippen molar-refractivity contribution in [2.75, 3.05) is 14.2 Å². The molecule has 1 atom stereocenters. The van der Waals surface area contributed by atoms with Crippen LogP contribution in [-0.2, 0) is 0 Å². The fourth-order valence-corrected chi connectivity index (χ4v) is 2.71. The molecule has 0 spiro atoms. The first kappa shape index (κ1) is 15.4. The van der Waals surface area contributed by atoms with Crippen LogP contribution in [0.1, 0.15) is 24.2 Å². The molecular weight excluding hydrogens is 292 g/mol. The van der Waals surface area contributed by atoms with Crippen LogP contribution in [0.5, 0.6) is 11.5 Å². The molecule has 2 aromatic carbocycles. The lowest BCUT2D eigenvalue weighted by molar-refractivity contribution is -0.0707. The average molecular weight is 312 g/mol. The Balaban J connectivity index is 2.19. The molecule has 0 saturated carbocycles. The molecule has 0 aliphatic carbocycles. The summed E-state index contributed by atoms with van der Waals surface area (Å²) in [5, 5.41) is 13.3. The molecule has 0 bridgehead atoms. The van der Waals surface area contributed by atoms with E-state index in [9.17, 15) is 5.21 Å². The van der Waals surface area contributed by atoms with E-state index < -0.39 is 6.17 Å². The van der Waals surface area contributed by atoms with Gasteiger partial charge in [0.05, 0.1) is 25.3 Å². The van der Waals surface area contributed by atoms with Gasteiger partial charge in [0.2, 0.25) is 0 Å². The number of rotatable bonds is 3. The second kappa shape index (κ2) is 5.93. The number of fused-ring (bicyclic) bond motifs is 1. The number of methoxy groups -OCH3 is 2. The second-order valence-corrected chi connectivity index (χ2v) is 5.57. The molecule has 0 radical (unpaired) electrons. The van der Waals surface area contributed by atoms with Gasteiger partial charge in [0, 0.05) is 11.3 Å². The van der Waals surface area contributed by atoms with Crippen LogP contribution < -0.4 is 20.0 Å². The van der Waals surface area contributed by atoms with Gasteiger partial charge < -0.3 is 9.47 Å². The Hall–Kier alpha value is -2.53. The monoisotopic (exact) mass is 312 g/mol. The van der Waals surface area contributed by atoms with Gasteiger partial charge >= 0.3 is 0 Å². The van der Waals surface area contributed by atoms with Crippen LogP contribution in [0.3, 0.4) is 0 Å². The molecule has 0 amide bonds. The molecular formula is C18H20N2O3. The van der Waals surface area contributed by atoms with Crippen molar-refractivity contribution in [3.63, 3.8) is 0 Å².